The maximum absolute atomic E-state index is 12.6. The van der Waals surface area contributed by atoms with Gasteiger partial charge in [-0.25, -0.2) is 0 Å². The monoisotopic (exact) mass is 462 g/mol. The van der Waals surface area contributed by atoms with Gasteiger partial charge in [0.05, 0.1) is 6.42 Å². The number of hydrogen-bond donors (Lipinski definition) is 0. The smallest absolute Gasteiger partial charge is 0.307 e. The summed E-state index contributed by atoms with van der Waals surface area (Å²) in [5.74, 6) is -0.00765. The maximum Gasteiger partial charge on any atom is 0.307 e. The number of halogens is 2. The van der Waals surface area contributed by atoms with Crippen LogP contribution in [0.2, 0.25) is 0 Å². The number of hydrogen-bond acceptors (Lipinski definition) is 2. The molecule has 0 unspecified atom stereocenters. The average Bonchev–Trinajstić information content (AvgIpc) is 2.88. The van der Waals surface area contributed by atoms with Crippen LogP contribution in [0.25, 0.3) is 11.1 Å². The molecule has 4 heteroatoms. The molecule has 0 spiro atoms. The molecule has 0 radical (unpaired) electrons. The van der Waals surface area contributed by atoms with Gasteiger partial charge in [0.1, 0.15) is 6.10 Å². The Bertz CT molecular complexity index is 758. The minimum atomic E-state index is -0.0735. The molecule has 1 fully saturated rings. The molecule has 0 saturated heterocycles. The van der Waals surface area contributed by atoms with Crippen molar-refractivity contribution in [3.63, 3.8) is 0 Å². The highest BCUT2D eigenvalue weighted by Crippen LogP contribution is 2.48. The molecule has 2 aliphatic rings. The van der Waals surface area contributed by atoms with Crippen LogP contribution < -0.4 is 0 Å². The lowest BCUT2D eigenvalue weighted by atomic mass is 9.93. The van der Waals surface area contributed by atoms with E-state index in [1.54, 1.807) is 0 Å². The molecule has 0 bridgehead atoms. The number of rotatable bonds is 3. The number of carbonyl (C=O) groups excluding carboxylic acids is 1. The van der Waals surface area contributed by atoms with Crippen LogP contribution in [0.15, 0.2) is 45.3 Å². The molecular weight excluding hydrogens is 444 g/mol. The molecule has 0 atom stereocenters. The summed E-state index contributed by atoms with van der Waals surface area (Å²) in [6.45, 7) is 0. The average molecular weight is 464 g/mol. The Morgan fingerprint density at radius 2 is 1.48 bits per heavy atom. The minimum Gasteiger partial charge on any atom is -0.462 e. The van der Waals surface area contributed by atoms with Crippen molar-refractivity contribution >= 4 is 37.8 Å². The van der Waals surface area contributed by atoms with Crippen LogP contribution in [-0.2, 0) is 9.53 Å². The molecule has 0 aliphatic heterocycles. The molecule has 4 rings (SSSR count). The van der Waals surface area contributed by atoms with Gasteiger partial charge in [-0.15, -0.1) is 0 Å². The van der Waals surface area contributed by atoms with E-state index in [4.69, 9.17) is 4.74 Å². The van der Waals surface area contributed by atoms with Crippen molar-refractivity contribution in [2.75, 3.05) is 0 Å². The summed E-state index contributed by atoms with van der Waals surface area (Å²) in [4.78, 5) is 12.6. The molecule has 0 heterocycles. The fraction of sp³-hybridized carbons (Fsp3) is 0.381. The molecule has 130 valence electrons. The first kappa shape index (κ1) is 17.3. The largest absolute Gasteiger partial charge is 0.462 e. The van der Waals surface area contributed by atoms with E-state index in [1.165, 1.54) is 41.5 Å². The van der Waals surface area contributed by atoms with E-state index >= 15 is 0 Å². The Hall–Kier alpha value is -1.13. The summed E-state index contributed by atoms with van der Waals surface area (Å²) in [7, 11) is 0. The summed E-state index contributed by atoms with van der Waals surface area (Å²) >= 11 is 7.14. The Kier molecular flexibility index (Phi) is 5.01. The van der Waals surface area contributed by atoms with Crippen LogP contribution >= 0.6 is 31.9 Å². The van der Waals surface area contributed by atoms with E-state index in [9.17, 15) is 4.79 Å². The van der Waals surface area contributed by atoms with E-state index < -0.39 is 0 Å². The van der Waals surface area contributed by atoms with E-state index in [-0.39, 0.29) is 18.0 Å². The molecule has 25 heavy (non-hydrogen) atoms. The summed E-state index contributed by atoms with van der Waals surface area (Å²) in [6.07, 6.45) is 6.16. The second kappa shape index (κ2) is 7.24. The van der Waals surface area contributed by atoms with Crippen LogP contribution in [0, 0.1) is 0 Å². The highest BCUT2D eigenvalue weighted by Gasteiger charge is 2.32. The standard InChI is InChI=1S/C21H20Br2O2/c22-13-6-8-16-17-9-7-14(23)11-19(17)20(18(16)10-13)12-21(24)25-15-4-2-1-3-5-15/h6-11,15,20H,1-5,12H2. The normalized spacial score (nSPS) is 17.2. The Morgan fingerprint density at radius 3 is 2.04 bits per heavy atom. The quantitative estimate of drug-likeness (QED) is 0.480. The van der Waals surface area contributed by atoms with Crippen molar-refractivity contribution in [3.05, 3.63) is 56.5 Å². The Morgan fingerprint density at radius 1 is 0.920 bits per heavy atom. The lowest BCUT2D eigenvalue weighted by Crippen LogP contribution is -2.22. The summed E-state index contributed by atoms with van der Waals surface area (Å²) in [6, 6.07) is 12.7. The van der Waals surface area contributed by atoms with Gasteiger partial charge >= 0.3 is 5.97 Å². The summed E-state index contributed by atoms with van der Waals surface area (Å²) in [5, 5.41) is 0. The predicted molar refractivity (Wildman–Crippen MR) is 107 cm³/mol. The van der Waals surface area contributed by atoms with Crippen molar-refractivity contribution in [2.24, 2.45) is 0 Å². The van der Waals surface area contributed by atoms with Crippen LogP contribution in [0.3, 0.4) is 0 Å². The third-order valence-corrected chi connectivity index (χ3v) is 6.28. The van der Waals surface area contributed by atoms with Gasteiger partial charge in [0.25, 0.3) is 0 Å². The van der Waals surface area contributed by atoms with Crippen molar-refractivity contribution in [1.82, 2.24) is 0 Å². The van der Waals surface area contributed by atoms with Gasteiger partial charge in [-0.1, -0.05) is 50.4 Å². The first-order valence-electron chi connectivity index (χ1n) is 8.90. The van der Waals surface area contributed by atoms with Gasteiger partial charge in [-0.3, -0.25) is 4.79 Å². The lowest BCUT2D eigenvalue weighted by molar-refractivity contribution is -0.150. The summed E-state index contributed by atoms with van der Waals surface area (Å²) < 4.78 is 7.87. The number of ether oxygens (including phenoxy) is 1. The number of esters is 1. The predicted octanol–water partition coefficient (Wildman–Crippen LogP) is 6.59. The second-order valence-corrected chi connectivity index (χ2v) is 8.80. The van der Waals surface area contributed by atoms with Gasteiger partial charge in [-0.2, -0.15) is 0 Å². The van der Waals surface area contributed by atoms with Gasteiger partial charge in [0, 0.05) is 14.9 Å². The van der Waals surface area contributed by atoms with Crippen LogP contribution in [0.4, 0.5) is 0 Å². The molecular formula is C21H20Br2O2. The van der Waals surface area contributed by atoms with E-state index in [0.717, 1.165) is 21.8 Å². The molecule has 2 aromatic carbocycles. The third-order valence-electron chi connectivity index (χ3n) is 5.29. The summed E-state index contributed by atoms with van der Waals surface area (Å²) in [5.41, 5.74) is 4.87. The van der Waals surface area contributed by atoms with Crippen LogP contribution in [0.5, 0.6) is 0 Å². The van der Waals surface area contributed by atoms with E-state index in [1.807, 2.05) is 0 Å². The van der Waals surface area contributed by atoms with Crippen molar-refractivity contribution in [3.8, 4) is 11.1 Å². The van der Waals surface area contributed by atoms with Crippen LogP contribution in [-0.4, -0.2) is 12.1 Å². The molecule has 2 aliphatic carbocycles. The lowest BCUT2D eigenvalue weighted by Gasteiger charge is -2.23. The maximum atomic E-state index is 12.6. The van der Waals surface area contributed by atoms with Crippen molar-refractivity contribution in [1.29, 1.82) is 0 Å². The van der Waals surface area contributed by atoms with Crippen molar-refractivity contribution < 1.29 is 9.53 Å². The SMILES string of the molecule is O=C(CC1c2cc(Br)ccc2-c2ccc(Br)cc21)OC1CCCCC1. The van der Waals surface area contributed by atoms with Crippen LogP contribution in [0.1, 0.15) is 55.6 Å². The number of carbonyl (C=O) groups is 1. The highest BCUT2D eigenvalue weighted by atomic mass is 79.9. The van der Waals surface area contributed by atoms with Gasteiger partial charge in [0.2, 0.25) is 0 Å². The number of fused-ring (bicyclic) bond motifs is 3. The zero-order valence-corrected chi connectivity index (χ0v) is 17.1. The first-order valence-corrected chi connectivity index (χ1v) is 10.5. The molecule has 0 N–H and O–H groups in total. The van der Waals surface area contributed by atoms with Crippen molar-refractivity contribution in [2.45, 2.75) is 50.5 Å². The second-order valence-electron chi connectivity index (χ2n) is 6.97. The zero-order chi connectivity index (χ0) is 17.4. The topological polar surface area (TPSA) is 26.3 Å². The Balaban J connectivity index is 1.61. The Labute approximate surface area is 165 Å². The minimum absolute atomic E-state index is 0.0658. The molecule has 2 nitrogen and oxygen atoms in total. The van der Waals surface area contributed by atoms with Gasteiger partial charge < -0.3 is 4.74 Å². The van der Waals surface area contributed by atoms with Gasteiger partial charge in [-0.05, 0) is 72.2 Å². The fourth-order valence-corrected chi connectivity index (χ4v) is 4.86. The number of benzene rings is 2. The zero-order valence-electron chi connectivity index (χ0n) is 13.9. The third kappa shape index (κ3) is 3.56. The fourth-order valence-electron chi connectivity index (χ4n) is 4.11. The van der Waals surface area contributed by atoms with E-state index in [2.05, 4.69) is 68.3 Å². The molecule has 0 aromatic heterocycles. The van der Waals surface area contributed by atoms with E-state index in [0.29, 0.717) is 6.42 Å². The molecule has 1 saturated carbocycles. The molecule has 2 aromatic rings. The molecule has 0 amide bonds. The first-order chi connectivity index (χ1) is 12.1. The highest BCUT2D eigenvalue weighted by molar-refractivity contribution is 9.10. The van der Waals surface area contributed by atoms with Gasteiger partial charge in [0.15, 0.2) is 0 Å².